The van der Waals surface area contributed by atoms with Gasteiger partial charge in [-0.15, -0.1) is 0 Å². The van der Waals surface area contributed by atoms with Crippen LogP contribution in [-0.4, -0.2) is 41.1 Å². The highest BCUT2D eigenvalue weighted by atomic mass is 35.5. The van der Waals surface area contributed by atoms with Crippen LogP contribution < -0.4 is 14.8 Å². The monoisotopic (exact) mass is 536 g/mol. The van der Waals surface area contributed by atoms with Gasteiger partial charge < -0.3 is 19.3 Å². The first-order valence-electron chi connectivity index (χ1n) is 12.2. The molecule has 1 amide bonds. The number of aromatic nitrogens is 2. The lowest BCUT2D eigenvalue weighted by Gasteiger charge is -2.31. The van der Waals surface area contributed by atoms with E-state index in [0.29, 0.717) is 52.6 Å². The fourth-order valence-electron chi connectivity index (χ4n) is 4.33. The maximum absolute atomic E-state index is 13.2. The van der Waals surface area contributed by atoms with Crippen LogP contribution >= 0.6 is 11.6 Å². The summed E-state index contributed by atoms with van der Waals surface area (Å²) in [7, 11) is 1.60. The molecule has 1 fully saturated rings. The van der Waals surface area contributed by atoms with Crippen molar-refractivity contribution in [2.75, 3.05) is 25.5 Å². The Labute approximate surface area is 224 Å². The van der Waals surface area contributed by atoms with E-state index in [9.17, 15) is 9.18 Å². The summed E-state index contributed by atoms with van der Waals surface area (Å²) < 4.78 is 29.8. The van der Waals surface area contributed by atoms with Crippen LogP contribution in [0.5, 0.6) is 17.2 Å². The predicted octanol–water partition coefficient (Wildman–Crippen LogP) is 6.18. The number of methoxy groups -OCH3 is 1. The minimum atomic E-state index is -0.327. The van der Waals surface area contributed by atoms with Gasteiger partial charge in [0, 0.05) is 17.1 Å². The molecular weight excluding hydrogens is 511 g/mol. The molecule has 1 atom stereocenters. The number of piperidine rings is 1. The Kier molecular flexibility index (Phi) is 7.86. The van der Waals surface area contributed by atoms with E-state index < -0.39 is 0 Å². The summed E-state index contributed by atoms with van der Waals surface area (Å²) in [6.45, 7) is 1.76. The van der Waals surface area contributed by atoms with Crippen LogP contribution in [0.25, 0.3) is 11.4 Å². The number of benzene rings is 3. The molecule has 1 aliphatic heterocycles. The van der Waals surface area contributed by atoms with Crippen molar-refractivity contribution < 1.29 is 23.2 Å². The Hall–Kier alpha value is -3.95. The van der Waals surface area contributed by atoms with Crippen molar-refractivity contribution in [1.29, 1.82) is 0 Å². The second kappa shape index (κ2) is 11.6. The third-order valence-corrected chi connectivity index (χ3v) is 6.53. The highest BCUT2D eigenvalue weighted by Gasteiger charge is 2.28. The Morgan fingerprint density at radius 3 is 2.66 bits per heavy atom. The molecule has 0 radical (unpaired) electrons. The number of carbonyl (C=O) groups is 1. The van der Waals surface area contributed by atoms with Gasteiger partial charge in [0.2, 0.25) is 17.6 Å². The number of likely N-dealkylation sites (tertiary alicyclic amines) is 1. The van der Waals surface area contributed by atoms with Gasteiger partial charge in [-0.05, 0) is 86.1 Å². The van der Waals surface area contributed by atoms with Crippen LogP contribution in [0.15, 0.2) is 71.3 Å². The number of nitrogens with zero attached hydrogens (tertiary/aromatic N) is 3. The summed E-state index contributed by atoms with van der Waals surface area (Å²) in [6, 6.07) is 18.2. The molecule has 8 nitrogen and oxygen atoms in total. The van der Waals surface area contributed by atoms with E-state index in [0.717, 1.165) is 25.1 Å². The zero-order chi connectivity index (χ0) is 26.5. The number of nitrogens with one attached hydrogen (secondary N) is 1. The lowest BCUT2D eigenvalue weighted by molar-refractivity contribution is -0.121. The number of rotatable bonds is 8. The molecule has 3 aromatic carbocycles. The van der Waals surface area contributed by atoms with Crippen LogP contribution in [0, 0.1) is 11.7 Å². The zero-order valence-corrected chi connectivity index (χ0v) is 21.5. The first kappa shape index (κ1) is 25.7. The Morgan fingerprint density at radius 2 is 1.89 bits per heavy atom. The average Bonchev–Trinajstić information content (AvgIpc) is 3.39. The van der Waals surface area contributed by atoms with Crippen molar-refractivity contribution in [3.8, 4) is 28.6 Å². The lowest BCUT2D eigenvalue weighted by Crippen LogP contribution is -2.40. The molecule has 10 heteroatoms. The van der Waals surface area contributed by atoms with Crippen molar-refractivity contribution in [3.63, 3.8) is 0 Å². The zero-order valence-electron chi connectivity index (χ0n) is 20.7. The van der Waals surface area contributed by atoms with Crippen molar-refractivity contribution in [2.45, 2.75) is 19.4 Å². The molecule has 1 aromatic heterocycles. The molecule has 1 aliphatic rings. The number of amides is 1. The molecule has 196 valence electrons. The fourth-order valence-corrected chi connectivity index (χ4v) is 4.51. The molecule has 1 N–H and O–H groups in total. The Bertz CT molecular complexity index is 1390. The predicted molar refractivity (Wildman–Crippen MR) is 141 cm³/mol. The van der Waals surface area contributed by atoms with Gasteiger partial charge in [-0.3, -0.25) is 9.69 Å². The molecule has 1 saturated heterocycles. The summed E-state index contributed by atoms with van der Waals surface area (Å²) in [4.78, 5) is 19.8. The second-order valence-electron chi connectivity index (χ2n) is 9.00. The number of hydrogen-bond donors (Lipinski definition) is 1. The van der Waals surface area contributed by atoms with E-state index in [4.69, 9.17) is 25.6 Å². The maximum atomic E-state index is 13.2. The Morgan fingerprint density at radius 1 is 1.13 bits per heavy atom. The summed E-state index contributed by atoms with van der Waals surface area (Å²) in [5.74, 6) is 1.97. The Balaban J connectivity index is 1.22. The number of carbonyl (C=O) groups excluding carboxylic acids is 1. The average molecular weight is 537 g/mol. The molecule has 38 heavy (non-hydrogen) atoms. The first-order chi connectivity index (χ1) is 18.5. The molecule has 5 rings (SSSR count). The highest BCUT2D eigenvalue weighted by molar-refractivity contribution is 6.31. The van der Waals surface area contributed by atoms with Crippen molar-refractivity contribution >= 4 is 23.2 Å². The maximum Gasteiger partial charge on any atom is 0.241 e. The SMILES string of the molecule is COc1ccc(Oc2ccc(Cl)cc2NC(=O)C2CCCN(Cc3nc(-c4ccc(F)cc4)no3)C2)cc1. The van der Waals surface area contributed by atoms with Gasteiger partial charge in [-0.1, -0.05) is 16.8 Å². The minimum absolute atomic E-state index is 0.117. The lowest BCUT2D eigenvalue weighted by atomic mass is 9.97. The van der Waals surface area contributed by atoms with Crippen molar-refractivity contribution in [1.82, 2.24) is 15.0 Å². The standard InChI is InChI=1S/C28H26ClFN4O4/c1-36-22-9-11-23(12-10-22)37-25-13-6-20(29)15-24(25)31-28(35)19-3-2-14-34(16-19)17-26-32-27(33-38-26)18-4-7-21(30)8-5-18/h4-13,15,19H,2-3,14,16-17H2,1H3,(H,31,35). The van der Waals surface area contributed by atoms with Crippen LogP contribution in [0.1, 0.15) is 18.7 Å². The molecular formula is C28H26ClFN4O4. The van der Waals surface area contributed by atoms with E-state index in [2.05, 4.69) is 20.4 Å². The van der Waals surface area contributed by atoms with E-state index >= 15 is 0 Å². The fraction of sp³-hybridized carbons (Fsp3) is 0.250. The molecule has 0 spiro atoms. The molecule has 0 bridgehead atoms. The van der Waals surface area contributed by atoms with E-state index in [1.165, 1.54) is 12.1 Å². The van der Waals surface area contributed by atoms with Crippen molar-refractivity contribution in [2.24, 2.45) is 5.92 Å². The molecule has 0 aliphatic carbocycles. The van der Waals surface area contributed by atoms with Gasteiger partial charge in [-0.25, -0.2) is 4.39 Å². The molecule has 4 aromatic rings. The summed E-state index contributed by atoms with van der Waals surface area (Å²) >= 11 is 6.22. The van der Waals surface area contributed by atoms with Gasteiger partial charge in [-0.2, -0.15) is 4.98 Å². The van der Waals surface area contributed by atoms with Gasteiger partial charge in [0.1, 0.15) is 17.3 Å². The van der Waals surface area contributed by atoms with E-state index in [-0.39, 0.29) is 17.6 Å². The minimum Gasteiger partial charge on any atom is -0.497 e. The normalized spacial score (nSPS) is 15.7. The van der Waals surface area contributed by atoms with Crippen molar-refractivity contribution in [3.05, 3.63) is 83.5 Å². The number of halogens is 2. The third-order valence-electron chi connectivity index (χ3n) is 6.29. The quantitative estimate of drug-likeness (QED) is 0.287. The smallest absolute Gasteiger partial charge is 0.241 e. The number of ether oxygens (including phenoxy) is 2. The van der Waals surface area contributed by atoms with Gasteiger partial charge in [0.25, 0.3) is 0 Å². The molecule has 1 unspecified atom stereocenters. The first-order valence-corrected chi connectivity index (χ1v) is 12.6. The van der Waals surface area contributed by atoms with Gasteiger partial charge >= 0.3 is 0 Å². The van der Waals surface area contributed by atoms with Crippen LogP contribution in [0.3, 0.4) is 0 Å². The summed E-state index contributed by atoms with van der Waals surface area (Å²) in [5, 5.41) is 7.49. The van der Waals surface area contributed by atoms with E-state index in [1.807, 2.05) is 0 Å². The summed E-state index contributed by atoms with van der Waals surface area (Å²) in [5.41, 5.74) is 1.17. The third kappa shape index (κ3) is 6.30. The van der Waals surface area contributed by atoms with Crippen LogP contribution in [-0.2, 0) is 11.3 Å². The number of anilines is 1. The van der Waals surface area contributed by atoms with Gasteiger partial charge in [0.15, 0.2) is 5.75 Å². The highest BCUT2D eigenvalue weighted by Crippen LogP contribution is 2.33. The molecule has 0 saturated carbocycles. The molecule has 2 heterocycles. The van der Waals surface area contributed by atoms with Crippen LogP contribution in [0.4, 0.5) is 10.1 Å². The largest absolute Gasteiger partial charge is 0.497 e. The summed E-state index contributed by atoms with van der Waals surface area (Å²) in [6.07, 6.45) is 1.60. The van der Waals surface area contributed by atoms with E-state index in [1.54, 1.807) is 61.7 Å². The second-order valence-corrected chi connectivity index (χ2v) is 9.44. The van der Waals surface area contributed by atoms with Crippen LogP contribution in [0.2, 0.25) is 5.02 Å². The topological polar surface area (TPSA) is 89.7 Å². The number of hydrogen-bond acceptors (Lipinski definition) is 7. The van der Waals surface area contributed by atoms with Gasteiger partial charge in [0.05, 0.1) is 25.3 Å².